The molecule has 0 spiro atoms. The molecule has 3 aromatic rings. The van der Waals surface area contributed by atoms with E-state index in [2.05, 4.69) is 15.5 Å². The number of nitrogens with one attached hydrogen (secondary N) is 1. The number of hydrogen-bond acceptors (Lipinski definition) is 6. The van der Waals surface area contributed by atoms with E-state index in [9.17, 15) is 17.2 Å². The van der Waals surface area contributed by atoms with Gasteiger partial charge in [0.15, 0.2) is 5.82 Å². The Bertz CT molecular complexity index is 1200. The van der Waals surface area contributed by atoms with Crippen molar-refractivity contribution >= 4 is 21.5 Å². The van der Waals surface area contributed by atoms with Crippen molar-refractivity contribution in [3.05, 3.63) is 60.2 Å². The number of hydrogen-bond donors (Lipinski definition) is 1. The second kappa shape index (κ2) is 8.56. The molecule has 0 atom stereocenters. The molecule has 0 bridgehead atoms. The van der Waals surface area contributed by atoms with Crippen molar-refractivity contribution in [2.75, 3.05) is 25.5 Å². The maximum atomic E-state index is 13.8. The summed E-state index contributed by atoms with van der Waals surface area (Å²) in [6, 6.07) is 11.0. The third-order valence-electron chi connectivity index (χ3n) is 5.00. The Morgan fingerprint density at radius 2 is 1.77 bits per heavy atom. The third-order valence-corrected chi connectivity index (χ3v) is 6.92. The van der Waals surface area contributed by atoms with Crippen LogP contribution in [0.25, 0.3) is 11.3 Å². The molecule has 0 aliphatic carbocycles. The Labute approximate surface area is 178 Å². The predicted molar refractivity (Wildman–Crippen MR) is 112 cm³/mol. The van der Waals surface area contributed by atoms with E-state index in [-0.39, 0.29) is 22.2 Å². The highest BCUT2D eigenvalue weighted by Crippen LogP contribution is 2.32. The molecule has 2 heterocycles. The molecule has 0 radical (unpaired) electrons. The Hall–Kier alpha value is -3.11. The van der Waals surface area contributed by atoms with E-state index in [1.165, 1.54) is 17.5 Å². The number of benzene rings is 2. The number of rotatable bonds is 6. The summed E-state index contributed by atoms with van der Waals surface area (Å²) in [6.07, 6.45) is 1.65. The Kier molecular flexibility index (Phi) is 5.84. The standard InChI is InChI=1S/C21H20F2N4O3S/c1-30-19-8-4-14(12-20(19)31(28,29)27-10-2-3-11-27)17-7-9-21(26-25-17)24-18-13-15(22)5-6-16(18)23/h4-9,12-13H,2-3,10-11H2,1H3,(H,24,26). The maximum absolute atomic E-state index is 13.8. The summed E-state index contributed by atoms with van der Waals surface area (Å²) in [5.41, 5.74) is 0.894. The van der Waals surface area contributed by atoms with Gasteiger partial charge in [-0.2, -0.15) is 4.31 Å². The van der Waals surface area contributed by atoms with Crippen molar-refractivity contribution in [3.8, 4) is 17.0 Å². The molecule has 1 aromatic heterocycles. The van der Waals surface area contributed by atoms with Crippen LogP contribution in [0, 0.1) is 11.6 Å². The number of nitrogens with zero attached hydrogens (tertiary/aromatic N) is 3. The van der Waals surface area contributed by atoms with Crippen LogP contribution >= 0.6 is 0 Å². The zero-order chi connectivity index (χ0) is 22.0. The van der Waals surface area contributed by atoms with Gasteiger partial charge in [-0.05, 0) is 55.3 Å². The van der Waals surface area contributed by atoms with Gasteiger partial charge in [0.1, 0.15) is 22.3 Å². The van der Waals surface area contributed by atoms with Gasteiger partial charge in [-0.3, -0.25) is 0 Å². The normalized spacial score (nSPS) is 14.5. The lowest BCUT2D eigenvalue weighted by Crippen LogP contribution is -2.28. The number of halogens is 2. The molecule has 10 heteroatoms. The topological polar surface area (TPSA) is 84.4 Å². The number of sulfonamides is 1. The minimum atomic E-state index is -3.70. The molecule has 4 rings (SSSR count). The summed E-state index contributed by atoms with van der Waals surface area (Å²) in [7, 11) is -2.28. The van der Waals surface area contributed by atoms with Gasteiger partial charge in [0.2, 0.25) is 10.0 Å². The van der Waals surface area contributed by atoms with Crippen LogP contribution in [0.15, 0.2) is 53.4 Å². The summed E-state index contributed by atoms with van der Waals surface area (Å²) in [5.74, 6) is -0.743. The zero-order valence-electron chi connectivity index (χ0n) is 16.7. The minimum absolute atomic E-state index is 0.0644. The summed E-state index contributed by atoms with van der Waals surface area (Å²) in [5, 5.41) is 10.8. The first-order chi connectivity index (χ1) is 14.9. The number of methoxy groups -OCH3 is 1. The van der Waals surface area contributed by atoms with Gasteiger partial charge < -0.3 is 10.1 Å². The molecule has 162 valence electrons. The molecule has 1 aliphatic heterocycles. The van der Waals surface area contributed by atoms with Crippen LogP contribution in [0.4, 0.5) is 20.3 Å². The van der Waals surface area contributed by atoms with Gasteiger partial charge >= 0.3 is 0 Å². The first-order valence-corrected chi connectivity index (χ1v) is 11.1. The maximum Gasteiger partial charge on any atom is 0.246 e. The molecule has 2 aromatic carbocycles. The van der Waals surface area contributed by atoms with E-state index in [0.29, 0.717) is 24.3 Å². The van der Waals surface area contributed by atoms with E-state index in [1.54, 1.807) is 24.3 Å². The highest BCUT2D eigenvalue weighted by atomic mass is 32.2. The molecule has 0 unspecified atom stereocenters. The van der Waals surface area contributed by atoms with Crippen LogP contribution in [0.3, 0.4) is 0 Å². The van der Waals surface area contributed by atoms with Gasteiger partial charge in [0.05, 0.1) is 18.5 Å². The van der Waals surface area contributed by atoms with Crippen molar-refractivity contribution < 1.29 is 21.9 Å². The summed E-state index contributed by atoms with van der Waals surface area (Å²) in [4.78, 5) is 0.0697. The Morgan fingerprint density at radius 1 is 1.00 bits per heavy atom. The number of aromatic nitrogens is 2. The molecule has 1 saturated heterocycles. The molecule has 1 N–H and O–H groups in total. The van der Waals surface area contributed by atoms with E-state index < -0.39 is 21.7 Å². The van der Waals surface area contributed by atoms with Crippen molar-refractivity contribution in [2.45, 2.75) is 17.7 Å². The van der Waals surface area contributed by atoms with Crippen LogP contribution in [-0.2, 0) is 10.0 Å². The largest absolute Gasteiger partial charge is 0.495 e. The SMILES string of the molecule is COc1ccc(-c2ccc(Nc3cc(F)ccc3F)nn2)cc1S(=O)(=O)N1CCCC1. The lowest BCUT2D eigenvalue weighted by atomic mass is 10.1. The summed E-state index contributed by atoms with van der Waals surface area (Å²) >= 11 is 0. The van der Waals surface area contributed by atoms with E-state index >= 15 is 0 Å². The number of anilines is 2. The average molecular weight is 446 g/mol. The molecular formula is C21H20F2N4O3S. The first kappa shape index (κ1) is 21.1. The van der Waals surface area contributed by atoms with E-state index in [4.69, 9.17) is 4.74 Å². The first-order valence-electron chi connectivity index (χ1n) is 9.63. The Morgan fingerprint density at radius 3 is 2.45 bits per heavy atom. The summed E-state index contributed by atoms with van der Waals surface area (Å²) < 4.78 is 60.0. The minimum Gasteiger partial charge on any atom is -0.495 e. The van der Waals surface area contributed by atoms with Crippen molar-refractivity contribution in [1.29, 1.82) is 0 Å². The van der Waals surface area contributed by atoms with Crippen LogP contribution < -0.4 is 10.1 Å². The van der Waals surface area contributed by atoms with Crippen molar-refractivity contribution in [1.82, 2.24) is 14.5 Å². The van der Waals surface area contributed by atoms with Crippen molar-refractivity contribution in [3.63, 3.8) is 0 Å². The predicted octanol–water partition coefficient (Wildman–Crippen LogP) is 3.96. The molecule has 31 heavy (non-hydrogen) atoms. The van der Waals surface area contributed by atoms with E-state index in [1.807, 2.05) is 0 Å². The smallest absolute Gasteiger partial charge is 0.246 e. The molecule has 7 nitrogen and oxygen atoms in total. The van der Waals surface area contributed by atoms with E-state index in [0.717, 1.165) is 31.0 Å². The third kappa shape index (κ3) is 4.35. The Balaban J connectivity index is 1.63. The monoisotopic (exact) mass is 446 g/mol. The fraction of sp³-hybridized carbons (Fsp3) is 0.238. The fourth-order valence-corrected chi connectivity index (χ4v) is 5.09. The van der Waals surface area contributed by atoms with Crippen LogP contribution in [-0.4, -0.2) is 43.1 Å². The van der Waals surface area contributed by atoms with Crippen molar-refractivity contribution in [2.24, 2.45) is 0 Å². The van der Waals surface area contributed by atoms with Gasteiger partial charge in [-0.1, -0.05) is 0 Å². The second-order valence-corrected chi connectivity index (χ2v) is 8.94. The molecule has 0 saturated carbocycles. The lowest BCUT2D eigenvalue weighted by molar-refractivity contribution is 0.398. The molecule has 1 aliphatic rings. The average Bonchev–Trinajstić information content (AvgIpc) is 3.32. The summed E-state index contributed by atoms with van der Waals surface area (Å²) in [6.45, 7) is 0.957. The molecule has 0 amide bonds. The fourth-order valence-electron chi connectivity index (χ4n) is 3.39. The van der Waals surface area contributed by atoms with Gasteiger partial charge in [0, 0.05) is 24.7 Å². The van der Waals surface area contributed by atoms with Gasteiger partial charge in [-0.25, -0.2) is 17.2 Å². The van der Waals surface area contributed by atoms with Crippen LogP contribution in [0.1, 0.15) is 12.8 Å². The van der Waals surface area contributed by atoms with Gasteiger partial charge in [-0.15, -0.1) is 10.2 Å². The second-order valence-electron chi connectivity index (χ2n) is 7.03. The quantitative estimate of drug-likeness (QED) is 0.617. The molecule has 1 fully saturated rings. The van der Waals surface area contributed by atoms with Gasteiger partial charge in [0.25, 0.3) is 0 Å². The molecular weight excluding hydrogens is 426 g/mol. The van der Waals surface area contributed by atoms with Crippen LogP contribution in [0.5, 0.6) is 5.75 Å². The van der Waals surface area contributed by atoms with Crippen LogP contribution in [0.2, 0.25) is 0 Å². The number of ether oxygens (including phenoxy) is 1. The lowest BCUT2D eigenvalue weighted by Gasteiger charge is -2.18. The highest BCUT2D eigenvalue weighted by molar-refractivity contribution is 7.89. The zero-order valence-corrected chi connectivity index (χ0v) is 17.5. The highest BCUT2D eigenvalue weighted by Gasteiger charge is 2.30.